The number of benzene rings is 3. The molecule has 0 aliphatic carbocycles. The molecule has 0 saturated heterocycles. The molecule has 1 unspecified atom stereocenters. The Kier molecular flexibility index (Phi) is 10.5. The standard InChI is InChI=1S/C30H29F3N4O5.ClH/c1-18(2)25(34)28(40)42-35-26(38)21-12-10-20(11-13-21)17-37-24-9-4-3-8-23(24)27(39)36(29(37)41)15-14-19-6-5-7-22(16-19)30(31,32)33;/h3-13,16,18,25H,14-15,17,34H2,1-2H3,(H,35,38);1H. The maximum absolute atomic E-state index is 13.5. The number of nitrogens with one attached hydrogen (secondary N) is 1. The molecule has 228 valence electrons. The quantitative estimate of drug-likeness (QED) is 0.287. The number of fused-ring (bicyclic) bond motifs is 1. The first-order valence-corrected chi connectivity index (χ1v) is 13.1. The minimum Gasteiger partial charge on any atom is -0.339 e. The van der Waals surface area contributed by atoms with Crippen LogP contribution in [0.3, 0.4) is 0 Å². The van der Waals surface area contributed by atoms with Crippen molar-refractivity contribution in [2.75, 3.05) is 0 Å². The Morgan fingerprint density at radius 2 is 1.60 bits per heavy atom. The van der Waals surface area contributed by atoms with E-state index in [1.807, 2.05) is 0 Å². The average molecular weight is 619 g/mol. The van der Waals surface area contributed by atoms with Crippen molar-refractivity contribution in [3.05, 3.63) is 116 Å². The highest BCUT2D eigenvalue weighted by Gasteiger charge is 2.30. The highest BCUT2D eigenvalue weighted by molar-refractivity contribution is 5.94. The number of aromatic nitrogens is 2. The van der Waals surface area contributed by atoms with Crippen molar-refractivity contribution < 1.29 is 27.6 Å². The zero-order valence-corrected chi connectivity index (χ0v) is 24.1. The average Bonchev–Trinajstić information content (AvgIpc) is 2.97. The van der Waals surface area contributed by atoms with Crippen molar-refractivity contribution in [1.29, 1.82) is 0 Å². The van der Waals surface area contributed by atoms with Crippen molar-refractivity contribution in [1.82, 2.24) is 14.6 Å². The van der Waals surface area contributed by atoms with Gasteiger partial charge in [-0.15, -0.1) is 12.4 Å². The molecule has 43 heavy (non-hydrogen) atoms. The van der Waals surface area contributed by atoms with E-state index in [-0.39, 0.29) is 48.8 Å². The molecule has 4 rings (SSSR count). The van der Waals surface area contributed by atoms with Crippen LogP contribution in [-0.4, -0.2) is 27.1 Å². The van der Waals surface area contributed by atoms with E-state index in [1.54, 1.807) is 50.2 Å². The van der Waals surface area contributed by atoms with Crippen LogP contribution in [0, 0.1) is 5.92 Å². The number of rotatable bonds is 8. The van der Waals surface area contributed by atoms with Crippen LogP contribution in [0.4, 0.5) is 13.2 Å². The van der Waals surface area contributed by atoms with Gasteiger partial charge in [0.15, 0.2) is 0 Å². The first kappa shape index (κ1) is 33.1. The van der Waals surface area contributed by atoms with Gasteiger partial charge < -0.3 is 10.6 Å². The lowest BCUT2D eigenvalue weighted by Gasteiger charge is -2.15. The van der Waals surface area contributed by atoms with Crippen molar-refractivity contribution in [3.8, 4) is 0 Å². The fourth-order valence-electron chi connectivity index (χ4n) is 4.30. The van der Waals surface area contributed by atoms with E-state index in [0.717, 1.165) is 16.7 Å². The van der Waals surface area contributed by atoms with E-state index >= 15 is 0 Å². The largest absolute Gasteiger partial charge is 0.416 e. The molecular weight excluding hydrogens is 589 g/mol. The summed E-state index contributed by atoms with van der Waals surface area (Å²) in [6.07, 6.45) is -4.47. The predicted octanol–water partition coefficient (Wildman–Crippen LogP) is 4.07. The summed E-state index contributed by atoms with van der Waals surface area (Å²) in [6.45, 7) is 3.40. The summed E-state index contributed by atoms with van der Waals surface area (Å²) < 4.78 is 41.8. The molecule has 9 nitrogen and oxygen atoms in total. The van der Waals surface area contributed by atoms with Crippen LogP contribution >= 0.6 is 12.4 Å². The van der Waals surface area contributed by atoms with Crippen LogP contribution in [0.5, 0.6) is 0 Å². The molecule has 3 N–H and O–H groups in total. The van der Waals surface area contributed by atoms with E-state index in [1.165, 1.54) is 28.8 Å². The molecule has 0 aliphatic heterocycles. The number of hydrogen-bond donors (Lipinski definition) is 2. The zero-order chi connectivity index (χ0) is 30.6. The Balaban J connectivity index is 0.00000506. The topological polar surface area (TPSA) is 125 Å². The third kappa shape index (κ3) is 7.70. The molecule has 3 aromatic carbocycles. The number of nitrogens with two attached hydrogens (primary N) is 1. The Labute approximate surface area is 250 Å². The number of hydrogen-bond acceptors (Lipinski definition) is 6. The number of para-hydroxylation sites is 1. The summed E-state index contributed by atoms with van der Waals surface area (Å²) in [7, 11) is 0. The molecule has 1 aromatic heterocycles. The number of hydroxylamine groups is 1. The maximum Gasteiger partial charge on any atom is 0.416 e. The minimum absolute atomic E-state index is 0. The summed E-state index contributed by atoms with van der Waals surface area (Å²) in [5, 5.41) is 0.276. The second-order valence-electron chi connectivity index (χ2n) is 10.1. The van der Waals surface area contributed by atoms with Crippen molar-refractivity contribution in [2.24, 2.45) is 11.7 Å². The van der Waals surface area contributed by atoms with Gasteiger partial charge in [-0.25, -0.2) is 9.59 Å². The van der Waals surface area contributed by atoms with Crippen LogP contribution in [0.2, 0.25) is 0 Å². The van der Waals surface area contributed by atoms with Gasteiger partial charge in [0.25, 0.3) is 11.5 Å². The van der Waals surface area contributed by atoms with Crippen molar-refractivity contribution >= 4 is 35.2 Å². The first-order chi connectivity index (χ1) is 19.9. The van der Waals surface area contributed by atoms with Gasteiger partial charge in [0.1, 0.15) is 6.04 Å². The normalized spacial score (nSPS) is 12.1. The number of nitrogens with zero attached hydrogens (tertiary/aromatic N) is 2. The second-order valence-corrected chi connectivity index (χ2v) is 10.1. The zero-order valence-electron chi connectivity index (χ0n) is 23.3. The van der Waals surface area contributed by atoms with Crippen molar-refractivity contribution in [3.63, 3.8) is 0 Å². The van der Waals surface area contributed by atoms with E-state index in [4.69, 9.17) is 10.6 Å². The molecular formula is C30H30ClF3N4O5. The lowest BCUT2D eigenvalue weighted by Crippen LogP contribution is -2.41. The maximum atomic E-state index is 13.5. The second kappa shape index (κ2) is 13.7. The molecule has 0 bridgehead atoms. The molecule has 1 heterocycles. The Bertz CT molecular complexity index is 1730. The lowest BCUT2D eigenvalue weighted by atomic mass is 10.1. The molecule has 13 heteroatoms. The molecule has 0 saturated carbocycles. The molecule has 0 aliphatic rings. The number of amides is 1. The fourth-order valence-corrected chi connectivity index (χ4v) is 4.30. The minimum atomic E-state index is -4.51. The Hall–Kier alpha value is -4.42. The Morgan fingerprint density at radius 1 is 0.930 bits per heavy atom. The number of aryl methyl sites for hydroxylation is 1. The van der Waals surface area contributed by atoms with E-state index in [0.29, 0.717) is 16.6 Å². The molecule has 0 fully saturated rings. The van der Waals surface area contributed by atoms with E-state index in [2.05, 4.69) is 5.48 Å². The van der Waals surface area contributed by atoms with Gasteiger partial charge in [-0.3, -0.25) is 18.7 Å². The number of halogens is 4. The third-order valence-electron chi connectivity index (χ3n) is 6.80. The van der Waals surface area contributed by atoms with E-state index < -0.39 is 40.9 Å². The van der Waals surface area contributed by atoms with Gasteiger partial charge in [0.2, 0.25) is 0 Å². The van der Waals surface area contributed by atoms with Gasteiger partial charge in [-0.1, -0.05) is 56.3 Å². The fraction of sp³-hybridized carbons (Fsp3) is 0.267. The highest BCUT2D eigenvalue weighted by Crippen LogP contribution is 2.29. The van der Waals surface area contributed by atoms with Gasteiger partial charge >= 0.3 is 17.8 Å². The summed E-state index contributed by atoms with van der Waals surface area (Å²) in [5.74, 6) is -1.62. The molecule has 4 aromatic rings. The van der Waals surface area contributed by atoms with Crippen LogP contribution in [0.1, 0.15) is 40.9 Å². The smallest absolute Gasteiger partial charge is 0.339 e. The molecule has 1 amide bonds. The number of alkyl halides is 3. The van der Waals surface area contributed by atoms with Gasteiger partial charge in [-0.2, -0.15) is 18.7 Å². The first-order valence-electron chi connectivity index (χ1n) is 13.1. The van der Waals surface area contributed by atoms with Gasteiger partial charge in [0, 0.05) is 12.1 Å². The van der Waals surface area contributed by atoms with Crippen molar-refractivity contribution in [2.45, 2.75) is 45.6 Å². The summed E-state index contributed by atoms with van der Waals surface area (Å²) in [4.78, 5) is 55.8. The number of carbonyl (C=O) groups is 2. The highest BCUT2D eigenvalue weighted by atomic mass is 35.5. The monoisotopic (exact) mass is 618 g/mol. The van der Waals surface area contributed by atoms with Gasteiger partial charge in [-0.05, 0) is 53.8 Å². The summed E-state index contributed by atoms with van der Waals surface area (Å²) >= 11 is 0. The summed E-state index contributed by atoms with van der Waals surface area (Å²) in [5.41, 5.74) is 7.33. The SMILES string of the molecule is CC(C)C(N)C(=O)ONC(=O)c1ccc(Cn2c(=O)n(CCc3cccc(C(F)(F)F)c3)c(=O)c3ccccc32)cc1.Cl. The lowest BCUT2D eigenvalue weighted by molar-refractivity contribution is -0.151. The van der Waals surface area contributed by atoms with Gasteiger partial charge in [0.05, 0.1) is 23.0 Å². The van der Waals surface area contributed by atoms with Crippen LogP contribution in [-0.2, 0) is 35.3 Å². The Morgan fingerprint density at radius 3 is 2.26 bits per heavy atom. The molecule has 0 spiro atoms. The van der Waals surface area contributed by atoms with Crippen LogP contribution in [0.15, 0.2) is 82.4 Å². The molecule has 0 radical (unpaired) electrons. The summed E-state index contributed by atoms with van der Waals surface area (Å²) in [6, 6.07) is 16.6. The third-order valence-corrected chi connectivity index (χ3v) is 6.80. The number of carbonyl (C=O) groups excluding carboxylic acids is 2. The predicted molar refractivity (Wildman–Crippen MR) is 157 cm³/mol. The molecule has 1 atom stereocenters. The van der Waals surface area contributed by atoms with E-state index in [9.17, 15) is 32.3 Å². The van der Waals surface area contributed by atoms with Crippen LogP contribution < -0.4 is 22.5 Å². The van der Waals surface area contributed by atoms with Crippen LogP contribution in [0.25, 0.3) is 10.9 Å².